The van der Waals surface area contributed by atoms with Crippen LogP contribution in [0.2, 0.25) is 0 Å². The van der Waals surface area contributed by atoms with Crippen molar-refractivity contribution in [2.75, 3.05) is 7.05 Å². The maximum atomic E-state index is 9.74. The zero-order valence-corrected chi connectivity index (χ0v) is 9.01. The lowest BCUT2D eigenvalue weighted by atomic mass is 9.98. The topological polar surface area (TPSA) is 32.6 Å². The molecule has 0 bridgehead atoms. The van der Waals surface area contributed by atoms with Crippen molar-refractivity contribution in [1.82, 2.24) is 0 Å². The van der Waals surface area contributed by atoms with E-state index in [4.69, 9.17) is 0 Å². The molecular formula is C10H15NOS. The summed E-state index contributed by atoms with van der Waals surface area (Å²) in [5, 5.41) is 12.1. The molecule has 0 amide bonds. The van der Waals surface area contributed by atoms with Crippen LogP contribution >= 0.6 is 11.8 Å². The van der Waals surface area contributed by atoms with Crippen molar-refractivity contribution in [2.45, 2.75) is 19.1 Å². The van der Waals surface area contributed by atoms with Gasteiger partial charge in [-0.3, -0.25) is 4.99 Å². The molecule has 0 aliphatic carbocycles. The maximum absolute atomic E-state index is 9.74. The van der Waals surface area contributed by atoms with Crippen LogP contribution < -0.4 is 0 Å². The first kappa shape index (κ1) is 10.4. The maximum Gasteiger partial charge on any atom is 0.102 e. The Morgan fingerprint density at radius 1 is 1.62 bits per heavy atom. The van der Waals surface area contributed by atoms with Crippen molar-refractivity contribution in [2.24, 2.45) is 10.9 Å². The molecule has 0 aromatic heterocycles. The Balaban J connectivity index is 2.92. The molecule has 1 unspecified atom stereocenters. The van der Waals surface area contributed by atoms with Crippen LogP contribution in [-0.2, 0) is 0 Å². The summed E-state index contributed by atoms with van der Waals surface area (Å²) in [6.45, 7) is 4.06. The predicted molar refractivity (Wildman–Crippen MR) is 59.4 cm³/mol. The standard InChI is InChI=1S/C10H15NOS/c1-7(11-3)10-8(2)13-6-4-5-9(10)12/h4-6,8,10,12H,1-3H3/t8?,10-/m0/s1. The molecule has 0 saturated heterocycles. The number of hydrogen-bond acceptors (Lipinski definition) is 3. The van der Waals surface area contributed by atoms with Crippen LogP contribution in [0.4, 0.5) is 0 Å². The highest BCUT2D eigenvalue weighted by molar-refractivity contribution is 8.02. The van der Waals surface area contributed by atoms with Gasteiger partial charge in [0.05, 0.1) is 5.92 Å². The highest BCUT2D eigenvalue weighted by Gasteiger charge is 2.24. The second-order valence-electron chi connectivity index (χ2n) is 3.10. The molecule has 13 heavy (non-hydrogen) atoms. The van der Waals surface area contributed by atoms with Gasteiger partial charge in [0.15, 0.2) is 0 Å². The summed E-state index contributed by atoms with van der Waals surface area (Å²) in [7, 11) is 1.76. The number of aliphatic imine (C=N–C) groups is 1. The average Bonchev–Trinajstić information content (AvgIpc) is 2.27. The molecular weight excluding hydrogens is 182 g/mol. The van der Waals surface area contributed by atoms with Crippen molar-refractivity contribution < 1.29 is 5.11 Å². The monoisotopic (exact) mass is 197 g/mol. The van der Waals surface area contributed by atoms with Crippen molar-refractivity contribution in [3.8, 4) is 0 Å². The molecule has 0 aromatic carbocycles. The Bertz CT molecular complexity index is 268. The van der Waals surface area contributed by atoms with Crippen molar-refractivity contribution in [3.05, 3.63) is 23.3 Å². The van der Waals surface area contributed by atoms with Crippen LogP contribution in [-0.4, -0.2) is 23.1 Å². The molecule has 0 aromatic rings. The number of allylic oxidation sites excluding steroid dienone is 3. The van der Waals surface area contributed by atoms with Gasteiger partial charge in [-0.15, -0.1) is 11.8 Å². The lowest BCUT2D eigenvalue weighted by Gasteiger charge is -2.20. The molecule has 1 aliphatic heterocycles. The summed E-state index contributed by atoms with van der Waals surface area (Å²) in [6, 6.07) is 0. The molecule has 1 rings (SSSR count). The fourth-order valence-corrected chi connectivity index (χ4v) is 2.33. The minimum atomic E-state index is 0.0602. The minimum Gasteiger partial charge on any atom is -0.512 e. The first-order valence-electron chi connectivity index (χ1n) is 4.31. The normalized spacial score (nSPS) is 29.8. The van der Waals surface area contributed by atoms with Gasteiger partial charge < -0.3 is 5.11 Å². The zero-order valence-electron chi connectivity index (χ0n) is 8.19. The van der Waals surface area contributed by atoms with Gasteiger partial charge in [0.1, 0.15) is 5.76 Å². The molecule has 0 fully saturated rings. The minimum absolute atomic E-state index is 0.0602. The number of nitrogens with zero attached hydrogens (tertiary/aromatic N) is 1. The SMILES string of the molecule is CN=C(C)[C@@H]1C(O)=CC=CSC1C. The molecule has 1 heterocycles. The van der Waals surface area contributed by atoms with E-state index in [0.717, 1.165) is 5.71 Å². The third-order valence-corrected chi connectivity index (χ3v) is 3.25. The highest BCUT2D eigenvalue weighted by Crippen LogP contribution is 2.29. The smallest absolute Gasteiger partial charge is 0.102 e. The van der Waals surface area contributed by atoms with Gasteiger partial charge in [-0.2, -0.15) is 0 Å². The second kappa shape index (κ2) is 4.51. The fourth-order valence-electron chi connectivity index (χ4n) is 1.42. The number of thioether (sulfide) groups is 1. The Morgan fingerprint density at radius 2 is 2.31 bits per heavy atom. The Kier molecular flexibility index (Phi) is 3.60. The Hall–Kier alpha value is -0.700. The average molecular weight is 197 g/mol. The van der Waals surface area contributed by atoms with Gasteiger partial charge >= 0.3 is 0 Å². The van der Waals surface area contributed by atoms with Crippen LogP contribution in [0.25, 0.3) is 0 Å². The Morgan fingerprint density at radius 3 is 2.92 bits per heavy atom. The second-order valence-corrected chi connectivity index (χ2v) is 4.39. The number of aliphatic hydroxyl groups is 1. The van der Waals surface area contributed by atoms with Crippen LogP contribution in [0.15, 0.2) is 28.3 Å². The fraction of sp³-hybridized carbons (Fsp3) is 0.500. The molecule has 2 nitrogen and oxygen atoms in total. The van der Waals surface area contributed by atoms with Gasteiger partial charge in [-0.25, -0.2) is 0 Å². The summed E-state index contributed by atoms with van der Waals surface area (Å²) in [4.78, 5) is 4.13. The van der Waals surface area contributed by atoms with Crippen molar-refractivity contribution in [1.29, 1.82) is 0 Å². The highest BCUT2D eigenvalue weighted by atomic mass is 32.2. The Labute approximate surface area is 83.5 Å². The zero-order chi connectivity index (χ0) is 9.84. The predicted octanol–water partition coefficient (Wildman–Crippen LogP) is 2.78. The lowest BCUT2D eigenvalue weighted by molar-refractivity contribution is 0.364. The lowest BCUT2D eigenvalue weighted by Crippen LogP contribution is -2.23. The van der Waals surface area contributed by atoms with Crippen LogP contribution in [0, 0.1) is 5.92 Å². The van der Waals surface area contributed by atoms with Gasteiger partial charge in [0.2, 0.25) is 0 Å². The molecule has 0 radical (unpaired) electrons. The first-order chi connectivity index (χ1) is 6.16. The third kappa shape index (κ3) is 2.37. The number of hydrogen-bond donors (Lipinski definition) is 1. The van der Waals surface area contributed by atoms with Gasteiger partial charge in [-0.05, 0) is 18.4 Å². The van der Waals surface area contributed by atoms with E-state index < -0.39 is 0 Å². The van der Waals surface area contributed by atoms with E-state index in [1.807, 2.05) is 18.4 Å². The summed E-state index contributed by atoms with van der Waals surface area (Å²) < 4.78 is 0. The molecule has 2 atom stereocenters. The summed E-state index contributed by atoms with van der Waals surface area (Å²) in [6.07, 6.45) is 3.62. The van der Waals surface area contributed by atoms with E-state index in [1.54, 1.807) is 24.9 Å². The van der Waals surface area contributed by atoms with E-state index >= 15 is 0 Å². The van der Waals surface area contributed by atoms with Gasteiger partial charge in [0, 0.05) is 18.0 Å². The molecule has 1 N–H and O–H groups in total. The molecule has 72 valence electrons. The summed E-state index contributed by atoms with van der Waals surface area (Å²) >= 11 is 1.72. The first-order valence-corrected chi connectivity index (χ1v) is 5.25. The van der Waals surface area contributed by atoms with Gasteiger partial charge in [0.25, 0.3) is 0 Å². The van der Waals surface area contributed by atoms with E-state index in [0.29, 0.717) is 11.0 Å². The molecule has 1 aliphatic rings. The van der Waals surface area contributed by atoms with Crippen LogP contribution in [0.5, 0.6) is 0 Å². The summed E-state index contributed by atoms with van der Waals surface area (Å²) in [5.41, 5.74) is 0.984. The third-order valence-electron chi connectivity index (χ3n) is 2.23. The number of aliphatic hydroxyl groups excluding tert-OH is 1. The van der Waals surface area contributed by atoms with E-state index in [2.05, 4.69) is 11.9 Å². The molecule has 3 heteroatoms. The van der Waals surface area contributed by atoms with Crippen molar-refractivity contribution in [3.63, 3.8) is 0 Å². The van der Waals surface area contributed by atoms with E-state index in [9.17, 15) is 5.11 Å². The molecule has 0 spiro atoms. The quantitative estimate of drug-likeness (QED) is 0.656. The summed E-state index contributed by atoms with van der Waals surface area (Å²) in [5.74, 6) is 0.474. The largest absolute Gasteiger partial charge is 0.512 e. The van der Waals surface area contributed by atoms with E-state index in [-0.39, 0.29) is 5.92 Å². The van der Waals surface area contributed by atoms with Crippen LogP contribution in [0.1, 0.15) is 13.8 Å². The van der Waals surface area contributed by atoms with E-state index in [1.165, 1.54) is 0 Å². The van der Waals surface area contributed by atoms with Crippen molar-refractivity contribution >= 4 is 17.5 Å². The van der Waals surface area contributed by atoms with Crippen LogP contribution in [0.3, 0.4) is 0 Å². The van der Waals surface area contributed by atoms with Gasteiger partial charge in [-0.1, -0.05) is 13.0 Å². The molecule has 0 saturated carbocycles. The number of rotatable bonds is 1.